The molecule has 3 rings (SSSR count). The summed E-state index contributed by atoms with van der Waals surface area (Å²) >= 11 is 0. The van der Waals surface area contributed by atoms with Crippen LogP contribution in [0.5, 0.6) is 5.75 Å². The molecule has 2 fully saturated rings. The third-order valence-corrected chi connectivity index (χ3v) is 6.47. The molecule has 3 N–H and O–H groups in total. The van der Waals surface area contributed by atoms with Crippen molar-refractivity contribution in [2.24, 2.45) is 11.8 Å². The maximum atomic E-state index is 12.5. The first-order valence-electron chi connectivity index (χ1n) is 11.3. The highest BCUT2D eigenvalue weighted by Gasteiger charge is 2.48. The number of carbonyl (C=O) groups excluding carboxylic acids is 2. The molecule has 8 atom stereocenters. The monoisotopic (exact) mass is 466 g/mol. The second-order valence-corrected chi connectivity index (χ2v) is 9.01. The fraction of sp³-hybridized carbons (Fsp3) is 0.667. The summed E-state index contributed by atoms with van der Waals surface area (Å²) in [4.78, 5) is 24.9. The molecular weight excluding hydrogens is 432 g/mol. The number of aliphatic hydroxyl groups is 3. The molecule has 1 aromatic rings. The molecule has 0 unspecified atom stereocenters. The molecule has 0 amide bonds. The minimum atomic E-state index is -1.15. The van der Waals surface area contributed by atoms with Gasteiger partial charge >= 0.3 is 0 Å². The number of ketones is 2. The van der Waals surface area contributed by atoms with Crippen molar-refractivity contribution in [1.29, 1.82) is 0 Å². The number of ether oxygens (including phenoxy) is 4. The van der Waals surface area contributed by atoms with E-state index in [9.17, 15) is 24.9 Å². The lowest BCUT2D eigenvalue weighted by Crippen LogP contribution is -2.51. The molecule has 0 bridgehead atoms. The number of rotatable bonds is 12. The lowest BCUT2D eigenvalue weighted by molar-refractivity contribution is -0.170. The smallest absolute Gasteiger partial charge is 0.188 e. The molecule has 1 aromatic carbocycles. The zero-order valence-electron chi connectivity index (χ0n) is 19.3. The van der Waals surface area contributed by atoms with Crippen LogP contribution in [-0.4, -0.2) is 84.0 Å². The number of benzene rings is 1. The minimum Gasteiger partial charge on any atom is -0.468 e. The first-order valence-corrected chi connectivity index (χ1v) is 11.3. The van der Waals surface area contributed by atoms with E-state index in [0.717, 1.165) is 0 Å². The molecule has 2 heterocycles. The molecule has 0 saturated carbocycles. The molecule has 9 nitrogen and oxygen atoms in total. The Morgan fingerprint density at radius 3 is 2.45 bits per heavy atom. The fourth-order valence-corrected chi connectivity index (χ4v) is 4.15. The van der Waals surface area contributed by atoms with E-state index >= 15 is 0 Å². The third kappa shape index (κ3) is 6.81. The van der Waals surface area contributed by atoms with Gasteiger partial charge in [-0.15, -0.1) is 0 Å². The van der Waals surface area contributed by atoms with Gasteiger partial charge in [0.1, 0.15) is 17.6 Å². The van der Waals surface area contributed by atoms with Gasteiger partial charge in [0, 0.05) is 37.4 Å². The Bertz CT molecular complexity index is 794. The van der Waals surface area contributed by atoms with Crippen molar-refractivity contribution in [2.75, 3.05) is 20.5 Å². The van der Waals surface area contributed by atoms with Crippen LogP contribution in [0.1, 0.15) is 43.5 Å². The number of methoxy groups -OCH3 is 1. The van der Waals surface area contributed by atoms with Crippen molar-refractivity contribution in [3.05, 3.63) is 29.8 Å². The summed E-state index contributed by atoms with van der Waals surface area (Å²) in [5.74, 6) is -0.721. The van der Waals surface area contributed by atoms with E-state index in [4.69, 9.17) is 18.9 Å². The number of Topliss-reactive ketones (excluding diaryl/α,β-unsaturated/α-hetero) is 2. The van der Waals surface area contributed by atoms with E-state index in [0.29, 0.717) is 17.7 Å². The summed E-state index contributed by atoms with van der Waals surface area (Å²) in [6.45, 7) is 3.81. The summed E-state index contributed by atoms with van der Waals surface area (Å²) in [6.07, 6.45) is -3.57. The van der Waals surface area contributed by atoms with Gasteiger partial charge in [0.15, 0.2) is 12.6 Å². The molecule has 2 aliphatic rings. The third-order valence-electron chi connectivity index (χ3n) is 6.47. The highest BCUT2D eigenvalue weighted by atomic mass is 16.7. The number of hydrogen-bond acceptors (Lipinski definition) is 9. The van der Waals surface area contributed by atoms with E-state index in [1.54, 1.807) is 31.2 Å². The van der Waals surface area contributed by atoms with Gasteiger partial charge in [-0.3, -0.25) is 9.59 Å². The average molecular weight is 467 g/mol. The highest BCUT2D eigenvalue weighted by molar-refractivity contribution is 6.08. The topological polar surface area (TPSA) is 135 Å². The van der Waals surface area contributed by atoms with Crippen LogP contribution in [0.4, 0.5) is 0 Å². The Kier molecular flexibility index (Phi) is 8.97. The SMILES string of the molecule is COCOc1ccc(C(=O)CC(=O)C[C@H]2CO[C@@H](C[C@@H]3O[C@H]3[C@@H](C)[C@H](C)O)[C@H](O)[C@@H]2O)cc1. The fourth-order valence-electron chi connectivity index (χ4n) is 4.15. The molecule has 2 aliphatic heterocycles. The lowest BCUT2D eigenvalue weighted by atomic mass is 9.85. The molecule has 0 aliphatic carbocycles. The summed E-state index contributed by atoms with van der Waals surface area (Å²) in [7, 11) is 1.51. The summed E-state index contributed by atoms with van der Waals surface area (Å²) in [5.41, 5.74) is 0.388. The number of epoxide rings is 1. The van der Waals surface area contributed by atoms with Crippen LogP contribution >= 0.6 is 0 Å². The minimum absolute atomic E-state index is 0.0300. The Labute approximate surface area is 193 Å². The van der Waals surface area contributed by atoms with Crippen molar-refractivity contribution in [3.63, 3.8) is 0 Å². The molecule has 9 heteroatoms. The first-order chi connectivity index (χ1) is 15.7. The summed E-state index contributed by atoms with van der Waals surface area (Å²) in [6, 6.07) is 6.42. The first kappa shape index (κ1) is 25.7. The predicted molar refractivity (Wildman–Crippen MR) is 117 cm³/mol. The quantitative estimate of drug-likeness (QED) is 0.179. The Hall–Kier alpha value is -1.88. The maximum absolute atomic E-state index is 12.5. The Morgan fingerprint density at radius 2 is 1.82 bits per heavy atom. The van der Waals surface area contributed by atoms with Crippen LogP contribution < -0.4 is 4.74 Å². The molecular formula is C24H34O9. The van der Waals surface area contributed by atoms with Gasteiger partial charge in [-0.2, -0.15) is 0 Å². The van der Waals surface area contributed by atoms with Gasteiger partial charge in [0.25, 0.3) is 0 Å². The maximum Gasteiger partial charge on any atom is 0.188 e. The van der Waals surface area contributed by atoms with Crippen LogP contribution in [0.25, 0.3) is 0 Å². The van der Waals surface area contributed by atoms with Gasteiger partial charge in [-0.25, -0.2) is 0 Å². The summed E-state index contributed by atoms with van der Waals surface area (Å²) in [5, 5.41) is 30.7. The van der Waals surface area contributed by atoms with E-state index < -0.39 is 30.3 Å². The molecule has 0 radical (unpaired) electrons. The zero-order valence-corrected chi connectivity index (χ0v) is 19.3. The van der Waals surface area contributed by atoms with E-state index in [-0.39, 0.29) is 55.9 Å². The molecule has 0 aromatic heterocycles. The molecule has 2 saturated heterocycles. The molecule has 184 valence electrons. The van der Waals surface area contributed by atoms with Gasteiger partial charge in [0.05, 0.1) is 43.5 Å². The number of carbonyl (C=O) groups is 2. The van der Waals surface area contributed by atoms with E-state index in [1.165, 1.54) is 7.11 Å². The van der Waals surface area contributed by atoms with Crippen LogP contribution in [-0.2, 0) is 19.0 Å². The van der Waals surface area contributed by atoms with Gasteiger partial charge in [-0.1, -0.05) is 6.92 Å². The standard InChI is InChI=1S/C24H34O9/c1-13(14(2)25)24-21(33-24)10-20-23(29)22(28)16(11-31-20)8-17(26)9-19(27)15-4-6-18(7-5-15)32-12-30-3/h4-7,13-14,16,20-25,28-29H,8-12H2,1-3H3/t13-,14-,16-,20-,21-,22+,23-,24-/m0/s1. The number of hydrogen-bond donors (Lipinski definition) is 3. The Balaban J connectivity index is 1.44. The highest BCUT2D eigenvalue weighted by Crippen LogP contribution is 2.37. The van der Waals surface area contributed by atoms with Crippen LogP contribution in [0.2, 0.25) is 0 Å². The zero-order chi connectivity index (χ0) is 24.1. The van der Waals surface area contributed by atoms with Crippen molar-refractivity contribution < 1.29 is 43.9 Å². The second-order valence-electron chi connectivity index (χ2n) is 9.01. The largest absolute Gasteiger partial charge is 0.468 e. The van der Waals surface area contributed by atoms with E-state index in [2.05, 4.69) is 0 Å². The van der Waals surface area contributed by atoms with Crippen LogP contribution in [0.3, 0.4) is 0 Å². The number of aliphatic hydroxyl groups excluding tert-OH is 3. The average Bonchev–Trinajstić information content (AvgIpc) is 3.56. The molecule has 33 heavy (non-hydrogen) atoms. The van der Waals surface area contributed by atoms with Crippen molar-refractivity contribution in [3.8, 4) is 5.75 Å². The summed E-state index contributed by atoms with van der Waals surface area (Å²) < 4.78 is 21.4. The van der Waals surface area contributed by atoms with Crippen molar-refractivity contribution in [2.45, 2.75) is 69.7 Å². The van der Waals surface area contributed by atoms with E-state index in [1.807, 2.05) is 6.92 Å². The predicted octanol–water partition coefficient (Wildman–Crippen LogP) is 1.11. The van der Waals surface area contributed by atoms with Gasteiger partial charge in [-0.05, 0) is 31.2 Å². The van der Waals surface area contributed by atoms with Gasteiger partial charge in [0.2, 0.25) is 0 Å². The van der Waals surface area contributed by atoms with Gasteiger partial charge < -0.3 is 34.3 Å². The van der Waals surface area contributed by atoms with Crippen molar-refractivity contribution >= 4 is 11.6 Å². The normalized spacial score (nSPS) is 31.0. The van der Waals surface area contributed by atoms with Crippen LogP contribution in [0.15, 0.2) is 24.3 Å². The molecule has 0 spiro atoms. The lowest BCUT2D eigenvalue weighted by Gasteiger charge is -2.37. The van der Waals surface area contributed by atoms with Crippen LogP contribution in [0, 0.1) is 11.8 Å². The Morgan fingerprint density at radius 1 is 1.12 bits per heavy atom. The second kappa shape index (κ2) is 11.5. The van der Waals surface area contributed by atoms with Crippen molar-refractivity contribution in [1.82, 2.24) is 0 Å².